The maximum absolute atomic E-state index is 12.2. The van der Waals surface area contributed by atoms with Gasteiger partial charge in [0.15, 0.2) is 0 Å². The number of rotatable bonds is 1. The van der Waals surface area contributed by atoms with Gasteiger partial charge < -0.3 is 9.64 Å². The Kier molecular flexibility index (Phi) is 3.40. The Labute approximate surface area is 131 Å². The van der Waals surface area contributed by atoms with Crippen LogP contribution in [0.4, 0.5) is 4.79 Å². The summed E-state index contributed by atoms with van der Waals surface area (Å²) in [5.41, 5.74) is 1.78. The third-order valence-electron chi connectivity index (χ3n) is 4.74. The smallest absolute Gasteiger partial charge is 0.410 e. The van der Waals surface area contributed by atoms with Crippen molar-refractivity contribution in [3.63, 3.8) is 0 Å². The largest absolute Gasteiger partial charge is 0.444 e. The number of benzene rings is 1. The Bertz CT molecular complexity index is 624. The Morgan fingerprint density at radius 2 is 2.05 bits per heavy atom. The zero-order chi connectivity index (χ0) is 16.0. The summed E-state index contributed by atoms with van der Waals surface area (Å²) in [5.74, 6) is 0.515. The van der Waals surface area contributed by atoms with Gasteiger partial charge in [-0.3, -0.25) is 0 Å². The number of ether oxygens (including phenoxy) is 1. The number of carbonyl (C=O) groups excluding carboxylic acids is 1. The number of fused-ring (bicyclic) bond motifs is 1. The normalized spacial score (nSPS) is 26.8. The number of amides is 1. The second-order valence-corrected chi connectivity index (χ2v) is 7.42. The molecule has 1 aromatic carbocycles. The fourth-order valence-electron chi connectivity index (χ4n) is 3.48. The zero-order valence-corrected chi connectivity index (χ0v) is 13.4. The second kappa shape index (κ2) is 5.01. The van der Waals surface area contributed by atoms with Gasteiger partial charge in [0.25, 0.3) is 0 Å². The van der Waals surface area contributed by atoms with E-state index in [2.05, 4.69) is 18.2 Å². The van der Waals surface area contributed by atoms with Gasteiger partial charge in [-0.05, 0) is 57.2 Å². The molecule has 116 valence electrons. The molecule has 2 unspecified atom stereocenters. The van der Waals surface area contributed by atoms with Crippen LogP contribution >= 0.6 is 0 Å². The van der Waals surface area contributed by atoms with Gasteiger partial charge >= 0.3 is 6.09 Å². The molecule has 1 saturated carbocycles. The number of carbonyl (C=O) groups is 1. The van der Waals surface area contributed by atoms with Crippen LogP contribution in [0.15, 0.2) is 24.3 Å². The molecule has 4 nitrogen and oxygen atoms in total. The lowest BCUT2D eigenvalue weighted by atomic mass is 9.87. The zero-order valence-electron chi connectivity index (χ0n) is 13.4. The Morgan fingerprint density at radius 3 is 2.59 bits per heavy atom. The number of hydrogen-bond acceptors (Lipinski definition) is 3. The van der Waals surface area contributed by atoms with Crippen LogP contribution in [0.1, 0.15) is 44.7 Å². The van der Waals surface area contributed by atoms with Crippen LogP contribution in [0.3, 0.4) is 0 Å². The van der Waals surface area contributed by atoms with Gasteiger partial charge in [-0.2, -0.15) is 5.26 Å². The first-order valence-corrected chi connectivity index (χ1v) is 7.83. The third-order valence-corrected chi connectivity index (χ3v) is 4.74. The Balaban J connectivity index is 1.66. The fraction of sp³-hybridized carbons (Fsp3) is 0.556. The van der Waals surface area contributed by atoms with E-state index in [4.69, 9.17) is 10.00 Å². The van der Waals surface area contributed by atoms with Crippen molar-refractivity contribution in [1.82, 2.24) is 4.90 Å². The second-order valence-electron chi connectivity index (χ2n) is 7.42. The fourth-order valence-corrected chi connectivity index (χ4v) is 3.48. The summed E-state index contributed by atoms with van der Waals surface area (Å²) in [5, 5.41) is 8.89. The van der Waals surface area contributed by atoms with E-state index in [1.807, 2.05) is 37.8 Å². The summed E-state index contributed by atoms with van der Waals surface area (Å²) >= 11 is 0. The number of piperidine rings is 1. The highest BCUT2D eigenvalue weighted by Gasteiger charge is 2.58. The third kappa shape index (κ3) is 2.68. The van der Waals surface area contributed by atoms with Crippen LogP contribution in [-0.4, -0.2) is 29.7 Å². The summed E-state index contributed by atoms with van der Waals surface area (Å²) in [6, 6.07) is 10.1. The van der Waals surface area contributed by atoms with Crippen molar-refractivity contribution in [3.8, 4) is 6.07 Å². The van der Waals surface area contributed by atoms with E-state index in [-0.39, 0.29) is 11.5 Å². The van der Waals surface area contributed by atoms with E-state index < -0.39 is 5.60 Å². The molecule has 1 aliphatic carbocycles. The highest BCUT2D eigenvalue weighted by atomic mass is 16.6. The van der Waals surface area contributed by atoms with E-state index in [1.54, 1.807) is 0 Å². The summed E-state index contributed by atoms with van der Waals surface area (Å²) in [6.45, 7) is 7.20. The maximum atomic E-state index is 12.2. The average Bonchev–Trinajstić information content (AvgIpc) is 3.20. The lowest BCUT2D eigenvalue weighted by Gasteiger charge is -2.33. The van der Waals surface area contributed by atoms with Gasteiger partial charge in [0.1, 0.15) is 5.60 Å². The average molecular weight is 298 g/mol. The van der Waals surface area contributed by atoms with Gasteiger partial charge in [-0.25, -0.2) is 4.79 Å². The number of nitrogens with zero attached hydrogens (tertiary/aromatic N) is 2. The molecule has 0 radical (unpaired) electrons. The quantitative estimate of drug-likeness (QED) is 0.798. The molecule has 0 N–H and O–H groups in total. The van der Waals surface area contributed by atoms with Crippen LogP contribution < -0.4 is 0 Å². The van der Waals surface area contributed by atoms with Gasteiger partial charge in [-0.15, -0.1) is 0 Å². The number of nitriles is 1. The molecule has 0 bridgehead atoms. The van der Waals surface area contributed by atoms with Gasteiger partial charge in [0, 0.05) is 18.5 Å². The molecule has 0 spiro atoms. The molecule has 2 fully saturated rings. The van der Waals surface area contributed by atoms with Crippen molar-refractivity contribution in [2.45, 2.75) is 44.6 Å². The first-order chi connectivity index (χ1) is 10.3. The van der Waals surface area contributed by atoms with Crippen molar-refractivity contribution in [2.24, 2.45) is 5.92 Å². The maximum Gasteiger partial charge on any atom is 0.410 e. The minimum Gasteiger partial charge on any atom is -0.444 e. The molecule has 4 heteroatoms. The van der Waals surface area contributed by atoms with Crippen LogP contribution in [0.5, 0.6) is 0 Å². The standard InChI is InChI=1S/C18H22N2O2/c1-17(2,3)22-16(21)20-9-8-18(10-15(18)12-20)14-6-4-13(11-19)5-7-14/h4-7,15H,8-10,12H2,1-3H3. The molecule has 3 rings (SSSR count). The Hall–Kier alpha value is -2.02. The van der Waals surface area contributed by atoms with Crippen LogP contribution in [0.25, 0.3) is 0 Å². The Morgan fingerprint density at radius 1 is 1.36 bits per heavy atom. The highest BCUT2D eigenvalue weighted by Crippen LogP contribution is 2.59. The summed E-state index contributed by atoms with van der Waals surface area (Å²) in [7, 11) is 0. The molecule has 1 amide bonds. The topological polar surface area (TPSA) is 53.3 Å². The highest BCUT2D eigenvalue weighted by molar-refractivity contribution is 5.68. The minimum absolute atomic E-state index is 0.201. The lowest BCUT2D eigenvalue weighted by molar-refractivity contribution is 0.0199. The van der Waals surface area contributed by atoms with Gasteiger partial charge in [0.2, 0.25) is 0 Å². The molecule has 1 aromatic rings. The van der Waals surface area contributed by atoms with Gasteiger partial charge in [-0.1, -0.05) is 12.1 Å². The molecule has 0 aromatic heterocycles. The van der Waals surface area contributed by atoms with Crippen LogP contribution in [0, 0.1) is 17.2 Å². The van der Waals surface area contributed by atoms with Crippen molar-refractivity contribution in [3.05, 3.63) is 35.4 Å². The molecule has 1 aliphatic heterocycles. The van der Waals surface area contributed by atoms with Crippen molar-refractivity contribution < 1.29 is 9.53 Å². The van der Waals surface area contributed by atoms with Crippen LogP contribution in [0.2, 0.25) is 0 Å². The first-order valence-electron chi connectivity index (χ1n) is 7.83. The monoisotopic (exact) mass is 298 g/mol. The molecular formula is C18H22N2O2. The van der Waals surface area contributed by atoms with E-state index in [0.717, 1.165) is 25.9 Å². The SMILES string of the molecule is CC(C)(C)OC(=O)N1CCC2(c3ccc(C#N)cc3)CC2C1. The van der Waals surface area contributed by atoms with E-state index in [9.17, 15) is 4.79 Å². The van der Waals surface area contributed by atoms with Gasteiger partial charge in [0.05, 0.1) is 11.6 Å². The van der Waals surface area contributed by atoms with Crippen molar-refractivity contribution in [2.75, 3.05) is 13.1 Å². The van der Waals surface area contributed by atoms with Crippen molar-refractivity contribution in [1.29, 1.82) is 5.26 Å². The van der Waals surface area contributed by atoms with Crippen molar-refractivity contribution >= 4 is 6.09 Å². The van der Waals surface area contributed by atoms with Crippen LogP contribution in [-0.2, 0) is 10.2 Å². The molecule has 1 heterocycles. The summed E-state index contributed by atoms with van der Waals surface area (Å²) in [4.78, 5) is 14.0. The predicted octanol–water partition coefficient (Wildman–Crippen LogP) is 3.46. The first kappa shape index (κ1) is 14.9. The number of likely N-dealkylation sites (tertiary alicyclic amines) is 1. The predicted molar refractivity (Wildman–Crippen MR) is 83.4 cm³/mol. The molecule has 1 saturated heterocycles. The minimum atomic E-state index is -0.442. The molecule has 22 heavy (non-hydrogen) atoms. The summed E-state index contributed by atoms with van der Waals surface area (Å²) < 4.78 is 5.46. The lowest BCUT2D eigenvalue weighted by Crippen LogP contribution is -2.43. The number of hydrogen-bond donors (Lipinski definition) is 0. The molecule has 2 atom stereocenters. The summed E-state index contributed by atoms with van der Waals surface area (Å²) in [6.07, 6.45) is 1.90. The molecular weight excluding hydrogens is 276 g/mol. The molecule has 2 aliphatic rings. The van der Waals surface area contributed by atoms with E-state index in [0.29, 0.717) is 11.5 Å². The van der Waals surface area contributed by atoms with E-state index >= 15 is 0 Å². The van der Waals surface area contributed by atoms with E-state index in [1.165, 1.54) is 5.56 Å².